The first-order valence-electron chi connectivity index (χ1n) is 10.3. The smallest absolute Gasteiger partial charge is 0.297 e. The van der Waals surface area contributed by atoms with Gasteiger partial charge < -0.3 is 18.9 Å². The number of nitrogens with zero attached hydrogens (tertiary/aromatic N) is 4. The van der Waals surface area contributed by atoms with Crippen LogP contribution in [0, 0.1) is 0 Å². The van der Waals surface area contributed by atoms with Crippen molar-refractivity contribution < 1.29 is 18.9 Å². The monoisotopic (exact) mass is 452 g/mol. The van der Waals surface area contributed by atoms with Crippen molar-refractivity contribution in [2.75, 3.05) is 35.0 Å². The third-order valence-electron chi connectivity index (χ3n) is 5.29. The molecule has 2 heterocycles. The number of hydrogen-bond donors (Lipinski definition) is 0. The van der Waals surface area contributed by atoms with E-state index in [4.69, 9.17) is 18.9 Å². The summed E-state index contributed by atoms with van der Waals surface area (Å²) in [4.78, 5) is 31.1. The SMILES string of the molecule is COCCCn1c(-c2cc(OC)c(OC)c(OC)c2)nn2c(=O)c3ccccc3nc2c1=O. The average Bonchev–Trinajstić information content (AvgIpc) is 2.85. The molecule has 2 aromatic heterocycles. The van der Waals surface area contributed by atoms with Gasteiger partial charge in [-0.2, -0.15) is 4.52 Å². The van der Waals surface area contributed by atoms with Crippen LogP contribution in [0.1, 0.15) is 6.42 Å². The molecule has 10 nitrogen and oxygen atoms in total. The molecule has 172 valence electrons. The maximum atomic E-state index is 13.5. The van der Waals surface area contributed by atoms with Crippen LogP contribution >= 0.6 is 0 Å². The summed E-state index contributed by atoms with van der Waals surface area (Å²) in [6, 6.07) is 10.2. The van der Waals surface area contributed by atoms with Crippen LogP contribution < -0.4 is 25.3 Å². The van der Waals surface area contributed by atoms with Crippen LogP contribution in [0.15, 0.2) is 46.0 Å². The second-order valence-electron chi connectivity index (χ2n) is 7.21. The van der Waals surface area contributed by atoms with E-state index in [0.717, 1.165) is 4.52 Å². The summed E-state index contributed by atoms with van der Waals surface area (Å²) < 4.78 is 24.0. The molecule has 0 bridgehead atoms. The second kappa shape index (κ2) is 9.29. The third kappa shape index (κ3) is 3.89. The minimum Gasteiger partial charge on any atom is -0.493 e. The van der Waals surface area contributed by atoms with Crippen LogP contribution in [0.25, 0.3) is 27.9 Å². The van der Waals surface area contributed by atoms with Crippen LogP contribution in [-0.4, -0.2) is 54.2 Å². The lowest BCUT2D eigenvalue weighted by molar-refractivity contribution is 0.190. The Balaban J connectivity index is 2.07. The van der Waals surface area contributed by atoms with Gasteiger partial charge >= 0.3 is 0 Å². The fourth-order valence-electron chi connectivity index (χ4n) is 3.72. The van der Waals surface area contributed by atoms with Gasteiger partial charge in [0.2, 0.25) is 11.4 Å². The van der Waals surface area contributed by atoms with E-state index < -0.39 is 11.1 Å². The molecule has 0 aliphatic heterocycles. The Kier molecular flexibility index (Phi) is 6.27. The number of ether oxygens (including phenoxy) is 4. The lowest BCUT2D eigenvalue weighted by Crippen LogP contribution is -2.32. The van der Waals surface area contributed by atoms with Crippen molar-refractivity contribution in [1.82, 2.24) is 19.2 Å². The van der Waals surface area contributed by atoms with Crippen molar-refractivity contribution in [1.29, 1.82) is 0 Å². The quantitative estimate of drug-likeness (QED) is 0.296. The van der Waals surface area contributed by atoms with Crippen molar-refractivity contribution in [3.05, 3.63) is 57.1 Å². The number of para-hydroxylation sites is 1. The van der Waals surface area contributed by atoms with Gasteiger partial charge in [0.15, 0.2) is 17.3 Å². The second-order valence-corrected chi connectivity index (χ2v) is 7.21. The molecule has 0 spiro atoms. The molecular weight excluding hydrogens is 428 g/mol. The van der Waals surface area contributed by atoms with E-state index in [-0.39, 0.29) is 11.5 Å². The van der Waals surface area contributed by atoms with Gasteiger partial charge in [0.1, 0.15) is 0 Å². The number of aromatic nitrogens is 4. The Morgan fingerprint density at radius 2 is 1.61 bits per heavy atom. The molecule has 0 saturated heterocycles. The highest BCUT2D eigenvalue weighted by atomic mass is 16.5. The lowest BCUT2D eigenvalue weighted by atomic mass is 10.1. The number of hydrogen-bond acceptors (Lipinski definition) is 8. The maximum absolute atomic E-state index is 13.5. The number of methoxy groups -OCH3 is 4. The van der Waals surface area contributed by atoms with Crippen LogP contribution in [0.2, 0.25) is 0 Å². The molecule has 2 aromatic carbocycles. The highest BCUT2D eigenvalue weighted by molar-refractivity contribution is 5.79. The summed E-state index contributed by atoms with van der Waals surface area (Å²) in [7, 11) is 6.10. The Morgan fingerprint density at radius 1 is 0.909 bits per heavy atom. The van der Waals surface area contributed by atoms with E-state index in [1.807, 2.05) is 0 Å². The fourth-order valence-corrected chi connectivity index (χ4v) is 3.72. The maximum Gasteiger partial charge on any atom is 0.297 e. The summed E-state index contributed by atoms with van der Waals surface area (Å²) in [5.74, 6) is 1.46. The molecule has 0 saturated carbocycles. The largest absolute Gasteiger partial charge is 0.493 e. The summed E-state index contributed by atoms with van der Waals surface area (Å²) in [5.41, 5.74) is 0.0387. The summed E-state index contributed by atoms with van der Waals surface area (Å²) >= 11 is 0. The Labute approximate surface area is 188 Å². The molecule has 10 heteroatoms. The van der Waals surface area contributed by atoms with E-state index in [1.54, 1.807) is 43.5 Å². The Hall–Kier alpha value is -3.92. The van der Waals surface area contributed by atoms with Gasteiger partial charge in [-0.3, -0.25) is 14.2 Å². The van der Waals surface area contributed by atoms with Gasteiger partial charge in [0.05, 0.1) is 32.2 Å². The standard InChI is InChI=1S/C23H24N4O6/c1-30-11-7-10-26-20(14-12-17(31-2)19(33-4)18(13-14)32-3)25-27-21(23(26)29)24-16-9-6-5-8-15(16)22(27)28/h5-6,8-9,12-13H,7,10-11H2,1-4H3. The molecule has 0 N–H and O–H groups in total. The van der Waals surface area contributed by atoms with Gasteiger partial charge in [-0.25, -0.2) is 4.98 Å². The molecule has 0 amide bonds. The summed E-state index contributed by atoms with van der Waals surface area (Å²) in [5, 5.41) is 4.92. The highest BCUT2D eigenvalue weighted by Gasteiger charge is 2.20. The molecule has 0 unspecified atom stereocenters. The lowest BCUT2D eigenvalue weighted by Gasteiger charge is -2.17. The van der Waals surface area contributed by atoms with Crippen LogP contribution in [0.5, 0.6) is 17.2 Å². The average molecular weight is 452 g/mol. The zero-order chi connectivity index (χ0) is 23.5. The van der Waals surface area contributed by atoms with Crippen LogP contribution in [0.4, 0.5) is 0 Å². The van der Waals surface area contributed by atoms with E-state index in [0.29, 0.717) is 53.3 Å². The normalized spacial score (nSPS) is 11.2. The fraction of sp³-hybridized carbons (Fsp3) is 0.304. The van der Waals surface area contributed by atoms with Crippen molar-refractivity contribution in [2.45, 2.75) is 13.0 Å². The number of rotatable bonds is 8. The van der Waals surface area contributed by atoms with Gasteiger partial charge in [0, 0.05) is 25.8 Å². The highest BCUT2D eigenvalue weighted by Crippen LogP contribution is 2.40. The van der Waals surface area contributed by atoms with Gasteiger partial charge in [0.25, 0.3) is 11.1 Å². The minimum atomic E-state index is -0.437. The van der Waals surface area contributed by atoms with E-state index in [2.05, 4.69) is 10.1 Å². The zero-order valence-electron chi connectivity index (χ0n) is 18.8. The zero-order valence-corrected chi connectivity index (χ0v) is 18.8. The molecule has 0 atom stereocenters. The molecule has 33 heavy (non-hydrogen) atoms. The Morgan fingerprint density at radius 3 is 2.24 bits per heavy atom. The molecule has 0 aliphatic carbocycles. The van der Waals surface area contributed by atoms with Gasteiger partial charge in [-0.1, -0.05) is 12.1 Å². The van der Waals surface area contributed by atoms with Gasteiger partial charge in [-0.15, -0.1) is 5.10 Å². The topological polar surface area (TPSA) is 106 Å². The summed E-state index contributed by atoms with van der Waals surface area (Å²) in [6.45, 7) is 0.759. The van der Waals surface area contributed by atoms with Gasteiger partial charge in [-0.05, 0) is 30.7 Å². The van der Waals surface area contributed by atoms with E-state index >= 15 is 0 Å². The third-order valence-corrected chi connectivity index (χ3v) is 5.29. The number of benzene rings is 2. The summed E-state index contributed by atoms with van der Waals surface area (Å²) in [6.07, 6.45) is 0.559. The van der Waals surface area contributed by atoms with E-state index in [9.17, 15) is 9.59 Å². The van der Waals surface area contributed by atoms with Crippen molar-refractivity contribution in [3.63, 3.8) is 0 Å². The number of fused-ring (bicyclic) bond motifs is 2. The predicted octanol–water partition coefficient (Wildman–Crippen LogP) is 2.13. The van der Waals surface area contributed by atoms with Crippen LogP contribution in [0.3, 0.4) is 0 Å². The first kappa shape index (κ1) is 22.3. The molecule has 4 rings (SSSR count). The van der Waals surface area contributed by atoms with Crippen molar-refractivity contribution in [3.8, 4) is 28.6 Å². The Bertz CT molecular complexity index is 1420. The molecule has 0 radical (unpaired) electrons. The van der Waals surface area contributed by atoms with Crippen LogP contribution in [-0.2, 0) is 11.3 Å². The van der Waals surface area contributed by atoms with E-state index in [1.165, 1.54) is 25.9 Å². The molecule has 4 aromatic rings. The molecular formula is C23H24N4O6. The predicted molar refractivity (Wildman–Crippen MR) is 123 cm³/mol. The molecule has 0 fully saturated rings. The van der Waals surface area contributed by atoms with Crippen molar-refractivity contribution in [2.24, 2.45) is 0 Å². The minimum absolute atomic E-state index is 0.0488. The first-order chi connectivity index (χ1) is 16.0. The first-order valence-corrected chi connectivity index (χ1v) is 10.3. The van der Waals surface area contributed by atoms with Crippen molar-refractivity contribution >= 4 is 16.6 Å². The molecule has 0 aliphatic rings.